The molecule has 76 heavy (non-hydrogen) atoms. The molecule has 9 aliphatic rings. The highest BCUT2D eigenvalue weighted by atomic mass is 16.8. The van der Waals surface area contributed by atoms with E-state index in [0.29, 0.717) is 32.1 Å². The van der Waals surface area contributed by atoms with Gasteiger partial charge < -0.3 is 104 Å². The van der Waals surface area contributed by atoms with Gasteiger partial charge in [-0.25, -0.2) is 4.79 Å². The van der Waals surface area contributed by atoms with Gasteiger partial charge in [0, 0.05) is 0 Å². The molecule has 4 heterocycles. The molecule has 0 bridgehead atoms. The second-order valence-corrected chi connectivity index (χ2v) is 25.9. The largest absolute Gasteiger partial charge is 0.479 e. The Bertz CT molecular complexity index is 2140. The standard InChI is InChI=1S/C53H84O23/c1-48(2)14-16-53(47(68)76-45-36(63)33(60)31(58)26(20-55)71-45)17-15-51(6)22(23(53)18-48)8-9-28-50(5)12-11-29(49(3,4)27(50)10-13-52(28,51)7)72-46-37(64)34(61)40(41(75-46)42(66)67)74-43-38(65)39(24(56)21-69-43)73-44-35(62)32(59)30(57)25(19-54)70-44/h8,23-41,43-46,54-65H,9-21H2,1-7H3,(H,66,67)/t23-,24-,25-,26-,27+,28-,29+,30+,31-,32+,33+,34-,35-,36-,37-,38-,39+,40+,41+,43+,44+,45+,46-,50+,51-,52-,53+/m1/s1. The topological polar surface area (TPSA) is 371 Å². The summed E-state index contributed by atoms with van der Waals surface area (Å²) in [7, 11) is 0. The Kier molecular flexibility index (Phi) is 16.2. The molecule has 0 aromatic rings. The number of allylic oxidation sites excluding steroid dienone is 2. The fourth-order valence-corrected chi connectivity index (χ4v) is 16.2. The molecule has 0 unspecified atom stereocenters. The van der Waals surface area contributed by atoms with Gasteiger partial charge in [0.25, 0.3) is 0 Å². The van der Waals surface area contributed by atoms with E-state index in [4.69, 9.17) is 37.9 Å². The van der Waals surface area contributed by atoms with E-state index in [1.165, 1.54) is 5.57 Å². The van der Waals surface area contributed by atoms with Crippen molar-refractivity contribution in [2.24, 2.45) is 50.2 Å². The van der Waals surface area contributed by atoms with Crippen LogP contribution in [0, 0.1) is 50.2 Å². The number of aliphatic carboxylic acids is 1. The van der Waals surface area contributed by atoms with Gasteiger partial charge in [-0.15, -0.1) is 0 Å². The third-order valence-electron chi connectivity index (χ3n) is 21.0. The lowest BCUT2D eigenvalue weighted by Crippen LogP contribution is -2.67. The summed E-state index contributed by atoms with van der Waals surface area (Å²) in [6, 6.07) is 0. The van der Waals surface area contributed by atoms with Gasteiger partial charge in [0.15, 0.2) is 25.0 Å². The molecule has 27 atom stereocenters. The first kappa shape index (κ1) is 58.6. The highest BCUT2D eigenvalue weighted by molar-refractivity contribution is 5.79. The number of ether oxygens (including phenoxy) is 8. The van der Waals surface area contributed by atoms with Crippen molar-refractivity contribution in [2.75, 3.05) is 19.8 Å². The number of carboxylic acid groups (broad SMARTS) is 1. The van der Waals surface area contributed by atoms with Gasteiger partial charge in [0.2, 0.25) is 6.29 Å². The van der Waals surface area contributed by atoms with E-state index in [-0.39, 0.29) is 39.4 Å². The van der Waals surface area contributed by atoms with Gasteiger partial charge in [-0.05, 0) is 109 Å². The molecule has 8 fully saturated rings. The van der Waals surface area contributed by atoms with Crippen molar-refractivity contribution in [2.45, 2.75) is 235 Å². The van der Waals surface area contributed by atoms with E-state index in [0.717, 1.165) is 32.1 Å². The predicted molar refractivity (Wildman–Crippen MR) is 257 cm³/mol. The van der Waals surface area contributed by atoms with Gasteiger partial charge in [0.1, 0.15) is 85.5 Å². The van der Waals surface area contributed by atoms with Crippen LogP contribution in [0.15, 0.2) is 11.6 Å². The Hall–Kier alpha value is -2.08. The number of carbonyl (C=O) groups is 2. The van der Waals surface area contributed by atoms with Gasteiger partial charge in [-0.2, -0.15) is 0 Å². The molecule has 0 amide bonds. The fourth-order valence-electron chi connectivity index (χ4n) is 16.2. The normalized spacial score (nSPS) is 52.9. The van der Waals surface area contributed by atoms with E-state index in [1.807, 2.05) is 0 Å². The smallest absolute Gasteiger partial charge is 0.335 e. The maximum Gasteiger partial charge on any atom is 0.335 e. The average molecular weight is 1090 g/mol. The summed E-state index contributed by atoms with van der Waals surface area (Å²) in [4.78, 5) is 27.6. The molecule has 23 nitrogen and oxygen atoms in total. The number of carbonyl (C=O) groups excluding carboxylic acids is 1. The zero-order valence-corrected chi connectivity index (χ0v) is 44.4. The monoisotopic (exact) mass is 1090 g/mol. The number of aliphatic hydroxyl groups is 12. The first-order valence-electron chi connectivity index (χ1n) is 27.2. The number of carboxylic acids is 1. The van der Waals surface area contributed by atoms with Crippen LogP contribution in [0.5, 0.6) is 0 Å². The quantitative estimate of drug-likeness (QED) is 0.0649. The number of fused-ring (bicyclic) bond motifs is 7. The minimum absolute atomic E-state index is 0.0793. The molecule has 4 aliphatic heterocycles. The number of rotatable bonds is 11. The SMILES string of the molecule is CC1(C)CC[C@]2(C(=O)O[C@@H]3O[C@H](CO)[C@@H](O)[C@H](O)[C@H]3O)CC[C@]3(C)C(=CC[C@@H]4[C@@]5(C)CC[C@H](O[C@@H]6O[C@H](C(=O)O)[C@@H](O[C@@H]7OC[C@@H](O)[C@H](O[C@@H]8O[C@H](CO)[C@H](O)[C@H](O)[C@H]8O)[C@H]7O)[C@H](O)[C@H]6O)C(C)(C)[C@@H]5CC[C@]43C)[C@H]2C1. The molecule has 5 aliphatic carbocycles. The van der Waals surface area contributed by atoms with Gasteiger partial charge >= 0.3 is 11.9 Å². The summed E-state index contributed by atoms with van der Waals surface area (Å²) in [5, 5.41) is 138. The number of aliphatic hydroxyl groups excluding tert-OH is 12. The number of esters is 1. The van der Waals surface area contributed by atoms with Crippen LogP contribution in [-0.4, -0.2) is 221 Å². The molecule has 13 N–H and O–H groups in total. The summed E-state index contributed by atoms with van der Waals surface area (Å²) in [6.07, 6.45) is -24.0. The summed E-state index contributed by atoms with van der Waals surface area (Å²) in [6.45, 7) is 13.8. The van der Waals surface area contributed by atoms with Crippen LogP contribution >= 0.6 is 0 Å². The molecule has 434 valence electrons. The molecule has 4 saturated carbocycles. The van der Waals surface area contributed by atoms with E-state index in [1.54, 1.807) is 0 Å². The Morgan fingerprint density at radius 2 is 1.18 bits per heavy atom. The van der Waals surface area contributed by atoms with Crippen LogP contribution in [0.3, 0.4) is 0 Å². The Balaban J connectivity index is 0.893. The van der Waals surface area contributed by atoms with Gasteiger partial charge in [0.05, 0.1) is 31.3 Å². The van der Waals surface area contributed by atoms with Crippen molar-refractivity contribution in [3.8, 4) is 0 Å². The van der Waals surface area contributed by atoms with Crippen LogP contribution < -0.4 is 0 Å². The maximum absolute atomic E-state index is 14.7. The Labute approximate surface area is 442 Å². The molecule has 0 aromatic heterocycles. The first-order chi connectivity index (χ1) is 35.5. The maximum atomic E-state index is 14.7. The van der Waals surface area contributed by atoms with Crippen molar-refractivity contribution in [1.29, 1.82) is 0 Å². The van der Waals surface area contributed by atoms with Crippen LogP contribution in [-0.2, 0) is 47.5 Å². The first-order valence-corrected chi connectivity index (χ1v) is 27.2. The molecule has 9 rings (SSSR count). The van der Waals surface area contributed by atoms with Crippen molar-refractivity contribution < 1.29 is 114 Å². The highest BCUT2D eigenvalue weighted by Gasteiger charge is 2.70. The lowest BCUT2D eigenvalue weighted by Gasteiger charge is -2.71. The second-order valence-electron chi connectivity index (χ2n) is 25.9. The van der Waals surface area contributed by atoms with E-state index in [2.05, 4.69) is 54.5 Å². The second kappa shape index (κ2) is 21.0. The van der Waals surface area contributed by atoms with Crippen molar-refractivity contribution in [3.05, 3.63) is 11.6 Å². The molecular weight excluding hydrogens is 1000 g/mol. The number of hydrogen-bond acceptors (Lipinski definition) is 22. The third-order valence-corrected chi connectivity index (χ3v) is 21.0. The van der Waals surface area contributed by atoms with Crippen molar-refractivity contribution in [3.63, 3.8) is 0 Å². The molecule has 23 heteroatoms. The van der Waals surface area contributed by atoms with Crippen molar-refractivity contribution in [1.82, 2.24) is 0 Å². The Morgan fingerprint density at radius 3 is 1.82 bits per heavy atom. The lowest BCUT2D eigenvalue weighted by molar-refractivity contribution is -0.370. The summed E-state index contributed by atoms with van der Waals surface area (Å²) in [5.74, 6) is -2.01. The van der Waals surface area contributed by atoms with Crippen LogP contribution in [0.4, 0.5) is 0 Å². The minimum atomic E-state index is -1.97. The van der Waals surface area contributed by atoms with Gasteiger partial charge in [-0.3, -0.25) is 4.79 Å². The number of hydrogen-bond donors (Lipinski definition) is 13. The zero-order valence-electron chi connectivity index (χ0n) is 44.4. The molecular formula is C53H84O23. The van der Waals surface area contributed by atoms with E-state index < -0.39 is 165 Å². The molecule has 0 radical (unpaired) electrons. The molecule has 0 aromatic carbocycles. The summed E-state index contributed by atoms with van der Waals surface area (Å²) < 4.78 is 46.5. The van der Waals surface area contributed by atoms with E-state index >= 15 is 0 Å². The fraction of sp³-hybridized carbons (Fsp3) is 0.925. The summed E-state index contributed by atoms with van der Waals surface area (Å²) >= 11 is 0. The highest BCUT2D eigenvalue weighted by Crippen LogP contribution is 2.76. The Morgan fingerprint density at radius 1 is 0.605 bits per heavy atom. The van der Waals surface area contributed by atoms with Crippen LogP contribution in [0.1, 0.15) is 113 Å². The summed E-state index contributed by atoms with van der Waals surface area (Å²) in [5.41, 5.74) is -1.10. The van der Waals surface area contributed by atoms with Crippen LogP contribution in [0.25, 0.3) is 0 Å². The van der Waals surface area contributed by atoms with Crippen LogP contribution in [0.2, 0.25) is 0 Å². The lowest BCUT2D eigenvalue weighted by atomic mass is 9.33. The van der Waals surface area contributed by atoms with Crippen molar-refractivity contribution >= 4 is 11.9 Å². The zero-order chi connectivity index (χ0) is 55.6. The average Bonchev–Trinajstić information content (AvgIpc) is 3.38. The molecule has 4 saturated heterocycles. The van der Waals surface area contributed by atoms with Gasteiger partial charge in [-0.1, -0.05) is 60.1 Å². The minimum Gasteiger partial charge on any atom is -0.479 e. The predicted octanol–water partition coefficient (Wildman–Crippen LogP) is -1.30. The molecule has 0 spiro atoms. The third kappa shape index (κ3) is 9.42. The van der Waals surface area contributed by atoms with E-state index in [9.17, 15) is 76.0 Å².